The summed E-state index contributed by atoms with van der Waals surface area (Å²) in [6.45, 7) is 3.06. The number of anilines is 1. The van der Waals surface area contributed by atoms with E-state index in [0.717, 1.165) is 12.1 Å². The number of guanidine groups is 1. The standard InChI is InChI=1S/C16H19ClN8O2S2.C2HF3O2/c1-2-7-10(17)9-11(20-4-3-5-21-14(18)19)24-15(25-12(9)22-7)29-16-23-8(6-28-16)13(26)27;3-2(4,5)1(6)7/h6H,2-5H2,1H3,(H,26,27)(H4,18,19,21)(H2,20,22,24,25);(H,6,7). The van der Waals surface area contributed by atoms with Crippen LogP contribution < -0.4 is 16.8 Å². The first-order valence-corrected chi connectivity index (χ1v) is 11.9. The van der Waals surface area contributed by atoms with Crippen LogP contribution in [0.25, 0.3) is 11.0 Å². The predicted octanol–water partition coefficient (Wildman–Crippen LogP) is 3.19. The Balaban J connectivity index is 0.000000572. The molecular formula is C18H20ClF3N8O4S2. The number of alkyl halides is 3. The van der Waals surface area contributed by atoms with Gasteiger partial charge in [-0.15, -0.1) is 11.3 Å². The fourth-order valence-corrected chi connectivity index (χ4v) is 4.49. The molecule has 0 aliphatic carbocycles. The summed E-state index contributed by atoms with van der Waals surface area (Å²) in [6.07, 6.45) is -3.67. The number of hydrogen-bond acceptors (Lipinski definition) is 9. The summed E-state index contributed by atoms with van der Waals surface area (Å²) in [5.41, 5.74) is 12.1. The Morgan fingerprint density at radius 1 is 1.28 bits per heavy atom. The van der Waals surface area contributed by atoms with E-state index in [-0.39, 0.29) is 11.7 Å². The second kappa shape index (κ2) is 12.6. The van der Waals surface area contributed by atoms with E-state index in [9.17, 15) is 18.0 Å². The van der Waals surface area contributed by atoms with E-state index in [2.05, 4.69) is 30.2 Å². The van der Waals surface area contributed by atoms with Crippen LogP contribution >= 0.6 is 34.7 Å². The molecule has 0 aliphatic heterocycles. The normalized spacial score (nSPS) is 11.0. The lowest BCUT2D eigenvalue weighted by Crippen LogP contribution is -2.23. The van der Waals surface area contributed by atoms with Gasteiger partial charge in [-0.25, -0.2) is 24.5 Å². The highest BCUT2D eigenvalue weighted by Gasteiger charge is 2.38. The average molecular weight is 569 g/mol. The van der Waals surface area contributed by atoms with Crippen molar-refractivity contribution in [3.05, 3.63) is 21.8 Å². The Morgan fingerprint density at radius 2 is 1.94 bits per heavy atom. The predicted molar refractivity (Wildman–Crippen MR) is 129 cm³/mol. The first-order chi connectivity index (χ1) is 16.8. The SMILES string of the molecule is CCc1[nH]c2nc(Sc3nc(C(=O)O)cs3)nc(NCCCN=C(N)N)c2c1Cl.O=C(O)C(F)(F)F. The maximum atomic E-state index is 11.0. The Bertz CT molecular complexity index is 1260. The number of nitrogens with zero attached hydrogens (tertiary/aromatic N) is 4. The molecule has 3 aromatic rings. The van der Waals surface area contributed by atoms with Gasteiger partial charge in [-0.05, 0) is 24.6 Å². The fourth-order valence-electron chi connectivity index (χ4n) is 2.48. The molecule has 0 aromatic carbocycles. The molecule has 0 saturated carbocycles. The van der Waals surface area contributed by atoms with Gasteiger partial charge in [-0.3, -0.25) is 4.99 Å². The molecule has 0 spiro atoms. The van der Waals surface area contributed by atoms with Gasteiger partial charge >= 0.3 is 18.1 Å². The summed E-state index contributed by atoms with van der Waals surface area (Å²) in [5, 5.41) is 22.6. The molecule has 3 rings (SSSR count). The number of aromatic amines is 1. The van der Waals surface area contributed by atoms with Crippen molar-refractivity contribution in [3.63, 3.8) is 0 Å². The highest BCUT2D eigenvalue weighted by atomic mass is 35.5. The van der Waals surface area contributed by atoms with Crippen LogP contribution in [-0.2, 0) is 11.2 Å². The second-order valence-corrected chi connectivity index (χ2v) is 9.10. The van der Waals surface area contributed by atoms with E-state index in [1.54, 1.807) is 0 Å². The summed E-state index contributed by atoms with van der Waals surface area (Å²) >= 11 is 8.92. The van der Waals surface area contributed by atoms with Crippen LogP contribution in [0.15, 0.2) is 19.9 Å². The topological polar surface area (TPSA) is 205 Å². The van der Waals surface area contributed by atoms with Crippen molar-refractivity contribution < 1.29 is 33.0 Å². The molecule has 3 aromatic heterocycles. The first kappa shape index (κ1) is 28.9. The van der Waals surface area contributed by atoms with Crippen molar-refractivity contribution in [2.45, 2.75) is 35.4 Å². The van der Waals surface area contributed by atoms with E-state index >= 15 is 0 Å². The molecule has 196 valence electrons. The van der Waals surface area contributed by atoms with Gasteiger partial charge in [0.2, 0.25) is 0 Å². The number of carboxylic acids is 2. The van der Waals surface area contributed by atoms with Crippen molar-refractivity contribution in [1.82, 2.24) is 19.9 Å². The zero-order valence-corrected chi connectivity index (χ0v) is 20.8. The van der Waals surface area contributed by atoms with Crippen LogP contribution in [0.4, 0.5) is 19.0 Å². The number of aryl methyl sites for hydroxylation is 1. The number of hydrogen-bond donors (Lipinski definition) is 6. The molecule has 36 heavy (non-hydrogen) atoms. The van der Waals surface area contributed by atoms with E-state index in [1.165, 1.54) is 28.5 Å². The maximum absolute atomic E-state index is 11.0. The molecule has 0 unspecified atom stereocenters. The zero-order valence-electron chi connectivity index (χ0n) is 18.4. The summed E-state index contributed by atoms with van der Waals surface area (Å²) in [7, 11) is 0. The van der Waals surface area contributed by atoms with Crippen LogP contribution in [0.1, 0.15) is 29.5 Å². The Hall–Kier alpha value is -3.31. The molecule has 0 aliphatic rings. The molecule has 0 bridgehead atoms. The first-order valence-electron chi connectivity index (χ1n) is 9.87. The lowest BCUT2D eigenvalue weighted by atomic mass is 10.3. The quantitative estimate of drug-likeness (QED) is 0.0956. The highest BCUT2D eigenvalue weighted by molar-refractivity contribution is 8.00. The lowest BCUT2D eigenvalue weighted by Gasteiger charge is -2.08. The fraction of sp³-hybridized carbons (Fsp3) is 0.333. The van der Waals surface area contributed by atoms with Crippen LogP contribution in [0.3, 0.4) is 0 Å². The number of aromatic carboxylic acids is 1. The van der Waals surface area contributed by atoms with Crippen molar-refractivity contribution in [3.8, 4) is 0 Å². The van der Waals surface area contributed by atoms with Crippen LogP contribution in [0, 0.1) is 0 Å². The highest BCUT2D eigenvalue weighted by Crippen LogP contribution is 2.35. The van der Waals surface area contributed by atoms with Crippen molar-refractivity contribution in [1.29, 1.82) is 0 Å². The van der Waals surface area contributed by atoms with E-state index in [0.29, 0.717) is 50.9 Å². The second-order valence-electron chi connectivity index (χ2n) is 6.65. The van der Waals surface area contributed by atoms with Crippen LogP contribution in [0.2, 0.25) is 5.02 Å². The van der Waals surface area contributed by atoms with Gasteiger partial charge in [0.1, 0.15) is 11.5 Å². The lowest BCUT2D eigenvalue weighted by molar-refractivity contribution is -0.192. The molecule has 18 heteroatoms. The average Bonchev–Trinajstić information content (AvgIpc) is 3.37. The molecule has 0 atom stereocenters. The Labute approximate surface area is 214 Å². The number of nitrogens with two attached hydrogens (primary N) is 2. The number of aromatic nitrogens is 4. The third kappa shape index (κ3) is 8.13. The molecule has 0 fully saturated rings. The largest absolute Gasteiger partial charge is 0.490 e. The monoisotopic (exact) mass is 568 g/mol. The third-order valence-electron chi connectivity index (χ3n) is 4.04. The van der Waals surface area contributed by atoms with Crippen molar-refractivity contribution in [2.75, 3.05) is 18.4 Å². The van der Waals surface area contributed by atoms with Crippen molar-refractivity contribution >= 4 is 69.4 Å². The molecule has 12 nitrogen and oxygen atoms in total. The molecular weight excluding hydrogens is 549 g/mol. The van der Waals surface area contributed by atoms with Gasteiger partial charge < -0.3 is 32.0 Å². The summed E-state index contributed by atoms with van der Waals surface area (Å²) in [5.74, 6) is -3.19. The molecule has 0 saturated heterocycles. The van der Waals surface area contributed by atoms with Gasteiger partial charge in [-0.2, -0.15) is 13.2 Å². The van der Waals surface area contributed by atoms with E-state index < -0.39 is 18.1 Å². The minimum Gasteiger partial charge on any atom is -0.476 e. The zero-order chi connectivity index (χ0) is 27.0. The number of halogens is 4. The van der Waals surface area contributed by atoms with Gasteiger partial charge in [0.05, 0.1) is 10.4 Å². The van der Waals surface area contributed by atoms with Gasteiger partial charge in [0.15, 0.2) is 21.1 Å². The Morgan fingerprint density at radius 3 is 2.47 bits per heavy atom. The molecule has 8 N–H and O–H groups in total. The number of aliphatic carboxylic acids is 1. The van der Waals surface area contributed by atoms with Gasteiger partial charge in [-0.1, -0.05) is 18.5 Å². The number of aliphatic imine (C=N–C) groups is 1. The van der Waals surface area contributed by atoms with Crippen molar-refractivity contribution in [2.24, 2.45) is 16.5 Å². The third-order valence-corrected chi connectivity index (χ3v) is 6.26. The van der Waals surface area contributed by atoms with E-state index in [4.69, 9.17) is 38.1 Å². The summed E-state index contributed by atoms with van der Waals surface area (Å²) in [4.78, 5) is 40.2. The number of fused-ring (bicyclic) bond motifs is 1. The minimum absolute atomic E-state index is 0.00662. The number of H-pyrrole nitrogens is 1. The number of carbonyl (C=O) groups is 2. The van der Waals surface area contributed by atoms with Gasteiger partial charge in [0, 0.05) is 24.2 Å². The molecule has 0 radical (unpaired) electrons. The minimum atomic E-state index is -5.08. The maximum Gasteiger partial charge on any atom is 0.490 e. The number of nitrogens with one attached hydrogen (secondary N) is 2. The number of carboxylic acid groups (broad SMARTS) is 2. The number of thiazole rings is 1. The summed E-state index contributed by atoms with van der Waals surface area (Å²) in [6, 6.07) is 0. The molecule has 3 heterocycles. The van der Waals surface area contributed by atoms with Crippen LogP contribution in [-0.4, -0.2) is 67.3 Å². The van der Waals surface area contributed by atoms with E-state index in [1.807, 2.05) is 6.92 Å². The summed E-state index contributed by atoms with van der Waals surface area (Å²) < 4.78 is 32.3. The number of rotatable bonds is 9. The Kier molecular flexibility index (Phi) is 10.1. The van der Waals surface area contributed by atoms with Crippen LogP contribution in [0.5, 0.6) is 0 Å². The van der Waals surface area contributed by atoms with Gasteiger partial charge in [0.25, 0.3) is 0 Å². The smallest absolute Gasteiger partial charge is 0.476 e. The molecule has 0 amide bonds.